The highest BCUT2D eigenvalue weighted by atomic mass is 16.1. The van der Waals surface area contributed by atoms with Gasteiger partial charge in [-0.05, 0) is 33.2 Å². The van der Waals surface area contributed by atoms with Crippen molar-refractivity contribution in [3.8, 4) is 0 Å². The van der Waals surface area contributed by atoms with Crippen LogP contribution in [-0.2, 0) is 4.79 Å². The maximum Gasteiger partial charge on any atom is 0.224 e. The standard InChI is InChI=1S/C16H34N4O/c1-13(2)10-14(11-17)15(21)18-12-16(3,4)20-8-6-19(5)7-9-20/h13-14H,6-12,17H2,1-5H3,(H,18,21). The van der Waals surface area contributed by atoms with Crippen molar-refractivity contribution in [3.05, 3.63) is 0 Å². The first kappa shape index (κ1) is 18.4. The van der Waals surface area contributed by atoms with Gasteiger partial charge in [0.15, 0.2) is 0 Å². The van der Waals surface area contributed by atoms with Gasteiger partial charge in [-0.1, -0.05) is 13.8 Å². The lowest BCUT2D eigenvalue weighted by molar-refractivity contribution is -0.125. The molecule has 124 valence electrons. The molecule has 1 aliphatic rings. The number of hydrogen-bond donors (Lipinski definition) is 2. The van der Waals surface area contributed by atoms with Crippen molar-refractivity contribution in [1.82, 2.24) is 15.1 Å². The first-order valence-corrected chi connectivity index (χ1v) is 8.17. The van der Waals surface area contributed by atoms with Gasteiger partial charge in [-0.3, -0.25) is 9.69 Å². The number of amides is 1. The summed E-state index contributed by atoms with van der Waals surface area (Å²) in [6.45, 7) is 14.1. The molecular formula is C16H34N4O. The number of nitrogens with zero attached hydrogens (tertiary/aromatic N) is 2. The molecule has 0 aromatic rings. The van der Waals surface area contributed by atoms with Crippen molar-refractivity contribution in [1.29, 1.82) is 0 Å². The lowest BCUT2D eigenvalue weighted by atomic mass is 9.95. The molecule has 3 N–H and O–H groups in total. The minimum atomic E-state index is -0.0618. The second kappa shape index (κ2) is 8.11. The fraction of sp³-hybridized carbons (Fsp3) is 0.938. The molecule has 5 heteroatoms. The summed E-state index contributed by atoms with van der Waals surface area (Å²) in [6.07, 6.45) is 0.858. The molecule has 0 aromatic carbocycles. The van der Waals surface area contributed by atoms with Gasteiger partial charge in [-0.2, -0.15) is 0 Å². The Bertz CT molecular complexity index is 322. The van der Waals surface area contributed by atoms with E-state index in [0.29, 0.717) is 19.0 Å². The zero-order valence-corrected chi connectivity index (χ0v) is 14.5. The minimum absolute atomic E-state index is 0.00605. The van der Waals surface area contributed by atoms with E-state index in [2.05, 4.69) is 49.9 Å². The van der Waals surface area contributed by atoms with Gasteiger partial charge in [0.2, 0.25) is 5.91 Å². The summed E-state index contributed by atoms with van der Waals surface area (Å²) < 4.78 is 0. The van der Waals surface area contributed by atoms with E-state index in [0.717, 1.165) is 32.6 Å². The second-order valence-electron chi connectivity index (χ2n) is 7.38. The summed E-state index contributed by atoms with van der Waals surface area (Å²) in [4.78, 5) is 17.1. The third kappa shape index (κ3) is 5.93. The van der Waals surface area contributed by atoms with Gasteiger partial charge in [0, 0.05) is 44.8 Å². The van der Waals surface area contributed by atoms with Crippen LogP contribution in [-0.4, -0.2) is 67.6 Å². The van der Waals surface area contributed by atoms with Crippen LogP contribution in [0.2, 0.25) is 0 Å². The van der Waals surface area contributed by atoms with Crippen LogP contribution in [0, 0.1) is 11.8 Å². The Morgan fingerprint density at radius 1 is 1.24 bits per heavy atom. The summed E-state index contributed by atoms with van der Waals surface area (Å²) in [5.74, 6) is 0.539. The topological polar surface area (TPSA) is 61.6 Å². The highest BCUT2D eigenvalue weighted by Gasteiger charge is 2.30. The van der Waals surface area contributed by atoms with Crippen molar-refractivity contribution < 1.29 is 4.79 Å². The predicted octanol–water partition coefficient (Wildman–Crippen LogP) is 0.750. The average Bonchev–Trinajstić information content (AvgIpc) is 2.42. The van der Waals surface area contributed by atoms with Crippen LogP contribution < -0.4 is 11.1 Å². The molecule has 1 saturated heterocycles. The van der Waals surface area contributed by atoms with Crippen molar-refractivity contribution >= 4 is 5.91 Å². The van der Waals surface area contributed by atoms with Crippen LogP contribution >= 0.6 is 0 Å². The number of nitrogens with two attached hydrogens (primary N) is 1. The number of hydrogen-bond acceptors (Lipinski definition) is 4. The van der Waals surface area contributed by atoms with Gasteiger partial charge in [0.1, 0.15) is 0 Å². The largest absolute Gasteiger partial charge is 0.354 e. The Balaban J connectivity index is 2.46. The summed E-state index contributed by atoms with van der Waals surface area (Å²) in [5, 5.41) is 3.11. The minimum Gasteiger partial charge on any atom is -0.354 e. The molecular weight excluding hydrogens is 264 g/mol. The van der Waals surface area contributed by atoms with Crippen molar-refractivity contribution in [2.24, 2.45) is 17.6 Å². The van der Waals surface area contributed by atoms with E-state index >= 15 is 0 Å². The molecule has 21 heavy (non-hydrogen) atoms. The fourth-order valence-electron chi connectivity index (χ4n) is 2.85. The monoisotopic (exact) mass is 298 g/mol. The van der Waals surface area contributed by atoms with E-state index in [1.54, 1.807) is 0 Å². The Morgan fingerprint density at radius 3 is 2.29 bits per heavy atom. The van der Waals surface area contributed by atoms with E-state index in [1.165, 1.54) is 0 Å². The number of nitrogens with one attached hydrogen (secondary N) is 1. The molecule has 1 unspecified atom stereocenters. The number of carbonyl (C=O) groups is 1. The molecule has 0 radical (unpaired) electrons. The molecule has 0 aromatic heterocycles. The van der Waals surface area contributed by atoms with Gasteiger partial charge in [0.25, 0.3) is 0 Å². The lowest BCUT2D eigenvalue weighted by Gasteiger charge is -2.43. The summed E-state index contributed by atoms with van der Waals surface area (Å²) in [7, 11) is 2.16. The van der Waals surface area contributed by atoms with Crippen LogP contribution in [0.1, 0.15) is 34.1 Å². The molecule has 0 spiro atoms. The van der Waals surface area contributed by atoms with Gasteiger partial charge in [-0.15, -0.1) is 0 Å². The van der Waals surface area contributed by atoms with Gasteiger partial charge in [0.05, 0.1) is 5.92 Å². The zero-order chi connectivity index (χ0) is 16.0. The number of piperazine rings is 1. The van der Waals surface area contributed by atoms with Gasteiger partial charge < -0.3 is 16.0 Å². The zero-order valence-electron chi connectivity index (χ0n) is 14.5. The summed E-state index contributed by atoms with van der Waals surface area (Å²) in [5.41, 5.74) is 5.74. The first-order valence-electron chi connectivity index (χ1n) is 8.17. The van der Waals surface area contributed by atoms with Crippen LogP contribution in [0.25, 0.3) is 0 Å². The van der Waals surface area contributed by atoms with E-state index in [9.17, 15) is 4.79 Å². The maximum absolute atomic E-state index is 12.3. The van der Waals surface area contributed by atoms with Crippen molar-refractivity contribution in [2.75, 3.05) is 46.3 Å². The first-order chi connectivity index (χ1) is 9.76. The maximum atomic E-state index is 12.3. The molecule has 0 bridgehead atoms. The Hall–Kier alpha value is -0.650. The third-order valence-corrected chi connectivity index (χ3v) is 4.47. The summed E-state index contributed by atoms with van der Waals surface area (Å²) >= 11 is 0. The molecule has 1 amide bonds. The molecule has 1 atom stereocenters. The van der Waals surface area contributed by atoms with Crippen LogP contribution in [0.15, 0.2) is 0 Å². The molecule has 5 nitrogen and oxygen atoms in total. The van der Waals surface area contributed by atoms with Crippen molar-refractivity contribution in [3.63, 3.8) is 0 Å². The lowest BCUT2D eigenvalue weighted by Crippen LogP contribution is -2.58. The van der Waals surface area contributed by atoms with Gasteiger partial charge >= 0.3 is 0 Å². The normalized spacial score (nSPS) is 19.8. The molecule has 1 aliphatic heterocycles. The van der Waals surface area contributed by atoms with Crippen LogP contribution in [0.3, 0.4) is 0 Å². The number of likely N-dealkylation sites (N-methyl/N-ethyl adjacent to an activating group) is 1. The molecule has 1 fully saturated rings. The van der Waals surface area contributed by atoms with Crippen LogP contribution in [0.4, 0.5) is 0 Å². The highest BCUT2D eigenvalue weighted by molar-refractivity contribution is 5.78. The van der Waals surface area contributed by atoms with Crippen molar-refractivity contribution in [2.45, 2.75) is 39.7 Å². The molecule has 0 saturated carbocycles. The van der Waals surface area contributed by atoms with E-state index < -0.39 is 0 Å². The van der Waals surface area contributed by atoms with Gasteiger partial charge in [-0.25, -0.2) is 0 Å². The smallest absolute Gasteiger partial charge is 0.224 e. The molecule has 1 heterocycles. The van der Waals surface area contributed by atoms with Crippen LogP contribution in [0.5, 0.6) is 0 Å². The number of rotatable bonds is 7. The van der Waals surface area contributed by atoms with E-state index in [4.69, 9.17) is 5.73 Å². The quantitative estimate of drug-likeness (QED) is 0.728. The Kier molecular flexibility index (Phi) is 7.10. The predicted molar refractivity (Wildman–Crippen MR) is 88.2 cm³/mol. The molecule has 1 rings (SSSR count). The third-order valence-electron chi connectivity index (χ3n) is 4.47. The Morgan fingerprint density at radius 2 is 1.81 bits per heavy atom. The van der Waals surface area contributed by atoms with E-state index in [1.807, 2.05) is 0 Å². The number of carbonyl (C=O) groups excluding carboxylic acids is 1. The fourth-order valence-corrected chi connectivity index (χ4v) is 2.85. The Labute approximate surface area is 130 Å². The SMILES string of the molecule is CC(C)CC(CN)C(=O)NCC(C)(C)N1CCN(C)CC1. The average molecular weight is 298 g/mol. The highest BCUT2D eigenvalue weighted by Crippen LogP contribution is 2.16. The second-order valence-corrected chi connectivity index (χ2v) is 7.38. The van der Waals surface area contributed by atoms with E-state index in [-0.39, 0.29) is 17.4 Å². The molecule has 0 aliphatic carbocycles. The summed E-state index contributed by atoms with van der Waals surface area (Å²) in [6, 6.07) is 0.